The summed E-state index contributed by atoms with van der Waals surface area (Å²) < 4.78 is 12.9. The second kappa shape index (κ2) is 4.95. The lowest BCUT2D eigenvalue weighted by Gasteiger charge is -1.93. The zero-order chi connectivity index (χ0) is 9.52. The third-order valence-electron chi connectivity index (χ3n) is 1.45. The molecule has 1 aromatic rings. The van der Waals surface area contributed by atoms with E-state index < -0.39 is 0 Å². The summed E-state index contributed by atoms with van der Waals surface area (Å²) in [5.74, 6) is -0.278. The van der Waals surface area contributed by atoms with Gasteiger partial charge in [0.2, 0.25) is 0 Å². The van der Waals surface area contributed by atoms with Crippen molar-refractivity contribution in [3.8, 4) is 0 Å². The molecule has 0 saturated carbocycles. The second-order valence-electron chi connectivity index (χ2n) is 2.34. The van der Waals surface area contributed by atoms with E-state index in [1.54, 1.807) is 30.4 Å². The summed E-state index contributed by atoms with van der Waals surface area (Å²) in [7, 11) is 0. The van der Waals surface area contributed by atoms with Gasteiger partial charge in [0.25, 0.3) is 0 Å². The van der Waals surface area contributed by atoms with Crippen LogP contribution in [0, 0.1) is 5.82 Å². The molecule has 0 N–H and O–H groups in total. The van der Waals surface area contributed by atoms with Crippen molar-refractivity contribution in [2.45, 2.75) is 0 Å². The molecule has 0 atom stereocenters. The van der Waals surface area contributed by atoms with Gasteiger partial charge < -0.3 is 0 Å². The average molecular weight is 177 g/mol. The van der Waals surface area contributed by atoms with Crippen LogP contribution in [0.15, 0.2) is 35.5 Å². The molecule has 0 aromatic heterocycles. The third kappa shape index (κ3) is 2.97. The van der Waals surface area contributed by atoms with Gasteiger partial charge in [0.1, 0.15) is 5.82 Å². The van der Waals surface area contributed by atoms with Crippen LogP contribution in [0.3, 0.4) is 0 Å². The number of nitrogens with zero attached hydrogens (tertiary/aromatic N) is 3. The SMILES string of the molecule is [N-]=[N+]=NC/C=C/c1ccccc1F. The zero-order valence-corrected chi connectivity index (χ0v) is 6.89. The van der Waals surface area contributed by atoms with Crippen molar-refractivity contribution in [1.82, 2.24) is 0 Å². The van der Waals surface area contributed by atoms with Crippen LogP contribution in [-0.4, -0.2) is 6.54 Å². The molecule has 0 amide bonds. The molecule has 66 valence electrons. The molecular weight excluding hydrogens is 169 g/mol. The molecule has 0 unspecified atom stereocenters. The summed E-state index contributed by atoms with van der Waals surface area (Å²) in [6.45, 7) is 0.241. The first-order chi connectivity index (χ1) is 6.34. The third-order valence-corrected chi connectivity index (χ3v) is 1.45. The zero-order valence-electron chi connectivity index (χ0n) is 6.89. The van der Waals surface area contributed by atoms with Gasteiger partial charge in [-0.1, -0.05) is 35.5 Å². The predicted molar refractivity (Wildman–Crippen MR) is 49.4 cm³/mol. The van der Waals surface area contributed by atoms with Gasteiger partial charge in [-0.15, -0.1) is 0 Å². The van der Waals surface area contributed by atoms with E-state index in [-0.39, 0.29) is 12.4 Å². The summed E-state index contributed by atoms with van der Waals surface area (Å²) in [6, 6.07) is 6.41. The van der Waals surface area contributed by atoms with Gasteiger partial charge in [-0.25, -0.2) is 4.39 Å². The highest BCUT2D eigenvalue weighted by Gasteiger charge is 1.93. The number of azide groups is 1. The minimum absolute atomic E-state index is 0.241. The minimum atomic E-state index is -0.278. The maximum atomic E-state index is 12.9. The van der Waals surface area contributed by atoms with Gasteiger partial charge in [0.05, 0.1) is 0 Å². The van der Waals surface area contributed by atoms with E-state index in [0.717, 1.165) is 0 Å². The lowest BCUT2D eigenvalue weighted by atomic mass is 10.2. The van der Waals surface area contributed by atoms with Gasteiger partial charge in [0.15, 0.2) is 0 Å². The van der Waals surface area contributed by atoms with Crippen molar-refractivity contribution in [2.24, 2.45) is 5.11 Å². The highest BCUT2D eigenvalue weighted by molar-refractivity contribution is 5.49. The Morgan fingerprint density at radius 1 is 1.46 bits per heavy atom. The molecular formula is C9H8FN3. The van der Waals surface area contributed by atoms with Gasteiger partial charge in [-0.05, 0) is 11.6 Å². The topological polar surface area (TPSA) is 48.8 Å². The Kier molecular flexibility index (Phi) is 3.54. The van der Waals surface area contributed by atoms with Crippen molar-refractivity contribution < 1.29 is 4.39 Å². The number of hydrogen-bond acceptors (Lipinski definition) is 1. The van der Waals surface area contributed by atoms with Gasteiger partial charge in [-0.2, -0.15) is 0 Å². The maximum Gasteiger partial charge on any atom is 0.130 e. The number of rotatable bonds is 3. The molecule has 13 heavy (non-hydrogen) atoms. The molecule has 0 aliphatic carbocycles. The van der Waals surface area contributed by atoms with Crippen molar-refractivity contribution in [2.75, 3.05) is 6.54 Å². The summed E-state index contributed by atoms with van der Waals surface area (Å²) in [5, 5.41) is 3.29. The fraction of sp³-hybridized carbons (Fsp3) is 0.111. The van der Waals surface area contributed by atoms with E-state index in [1.807, 2.05) is 0 Å². The summed E-state index contributed by atoms with van der Waals surface area (Å²) in [6.07, 6.45) is 3.20. The smallest absolute Gasteiger partial charge is 0.130 e. The standard InChI is InChI=1S/C9H8FN3/c10-9-6-2-1-4-8(9)5-3-7-12-13-11/h1-6H,7H2/b5-3+. The quantitative estimate of drug-likeness (QED) is 0.387. The van der Waals surface area contributed by atoms with Crippen molar-refractivity contribution >= 4 is 6.08 Å². The Bertz CT molecular complexity index is 354. The molecule has 0 spiro atoms. The molecule has 0 fully saturated rings. The molecule has 0 heterocycles. The molecule has 3 nitrogen and oxygen atoms in total. The number of benzene rings is 1. The van der Waals surface area contributed by atoms with Crippen LogP contribution >= 0.6 is 0 Å². The largest absolute Gasteiger partial charge is 0.206 e. The highest BCUT2D eigenvalue weighted by atomic mass is 19.1. The van der Waals surface area contributed by atoms with Crippen LogP contribution in [-0.2, 0) is 0 Å². The predicted octanol–water partition coefficient (Wildman–Crippen LogP) is 3.15. The first kappa shape index (κ1) is 9.29. The van der Waals surface area contributed by atoms with E-state index in [2.05, 4.69) is 10.0 Å². The number of halogens is 1. The Morgan fingerprint density at radius 3 is 2.92 bits per heavy atom. The maximum absolute atomic E-state index is 12.9. The Labute approximate surface area is 75.1 Å². The molecule has 0 aliphatic rings. The molecule has 4 heteroatoms. The van der Waals surface area contributed by atoms with E-state index in [0.29, 0.717) is 5.56 Å². The van der Waals surface area contributed by atoms with Crippen LogP contribution in [0.1, 0.15) is 5.56 Å². The molecule has 1 rings (SSSR count). The van der Waals surface area contributed by atoms with E-state index in [9.17, 15) is 4.39 Å². The Morgan fingerprint density at radius 2 is 2.23 bits per heavy atom. The van der Waals surface area contributed by atoms with Crippen molar-refractivity contribution in [3.05, 3.63) is 52.2 Å². The fourth-order valence-corrected chi connectivity index (χ4v) is 0.874. The van der Waals surface area contributed by atoms with Gasteiger partial charge >= 0.3 is 0 Å². The highest BCUT2D eigenvalue weighted by Crippen LogP contribution is 2.07. The summed E-state index contributed by atoms with van der Waals surface area (Å²) >= 11 is 0. The molecule has 0 aliphatic heterocycles. The Hall–Kier alpha value is -1.80. The first-order valence-electron chi connectivity index (χ1n) is 3.76. The van der Waals surface area contributed by atoms with Crippen molar-refractivity contribution in [1.29, 1.82) is 0 Å². The molecule has 1 aromatic carbocycles. The summed E-state index contributed by atoms with van der Waals surface area (Å²) in [4.78, 5) is 2.57. The second-order valence-corrected chi connectivity index (χ2v) is 2.34. The fourth-order valence-electron chi connectivity index (χ4n) is 0.874. The van der Waals surface area contributed by atoms with E-state index in [4.69, 9.17) is 5.53 Å². The molecule has 0 bridgehead atoms. The van der Waals surface area contributed by atoms with Gasteiger partial charge in [-0.3, -0.25) is 0 Å². The van der Waals surface area contributed by atoms with Gasteiger partial charge in [0, 0.05) is 17.0 Å². The van der Waals surface area contributed by atoms with Crippen LogP contribution in [0.4, 0.5) is 4.39 Å². The Balaban J connectivity index is 2.68. The minimum Gasteiger partial charge on any atom is -0.206 e. The van der Waals surface area contributed by atoms with E-state index in [1.165, 1.54) is 6.07 Å². The van der Waals surface area contributed by atoms with Crippen LogP contribution in [0.5, 0.6) is 0 Å². The number of hydrogen-bond donors (Lipinski definition) is 0. The lowest BCUT2D eigenvalue weighted by molar-refractivity contribution is 0.625. The van der Waals surface area contributed by atoms with Crippen LogP contribution in [0.25, 0.3) is 16.5 Å². The lowest BCUT2D eigenvalue weighted by Crippen LogP contribution is -1.79. The van der Waals surface area contributed by atoms with E-state index >= 15 is 0 Å². The van der Waals surface area contributed by atoms with Crippen LogP contribution < -0.4 is 0 Å². The monoisotopic (exact) mass is 177 g/mol. The molecule has 0 saturated heterocycles. The average Bonchev–Trinajstić information content (AvgIpc) is 2.15. The summed E-state index contributed by atoms with van der Waals surface area (Å²) in [5.41, 5.74) is 8.46. The van der Waals surface area contributed by atoms with Crippen LogP contribution in [0.2, 0.25) is 0 Å². The normalized spacial score (nSPS) is 9.92. The first-order valence-corrected chi connectivity index (χ1v) is 3.76. The molecule has 0 radical (unpaired) electrons. The van der Waals surface area contributed by atoms with Crippen molar-refractivity contribution in [3.63, 3.8) is 0 Å².